The summed E-state index contributed by atoms with van der Waals surface area (Å²) < 4.78 is 7.47. The second-order valence-corrected chi connectivity index (χ2v) is 8.19. The van der Waals surface area contributed by atoms with E-state index in [0.29, 0.717) is 18.2 Å². The number of hydrogen-bond donors (Lipinski definition) is 1. The molecule has 1 N–H and O–H groups in total. The number of carboxylic acids is 1. The molecule has 0 fully saturated rings. The second-order valence-electron chi connectivity index (χ2n) is 7.78. The van der Waals surface area contributed by atoms with E-state index in [1.54, 1.807) is 7.05 Å². The highest BCUT2D eigenvalue weighted by Gasteiger charge is 2.23. The average Bonchev–Trinajstić information content (AvgIpc) is 3.24. The van der Waals surface area contributed by atoms with Crippen LogP contribution in [0.5, 0.6) is 5.75 Å². The molecule has 4 aromatic rings. The van der Waals surface area contributed by atoms with Gasteiger partial charge in [0.05, 0.1) is 12.3 Å². The van der Waals surface area contributed by atoms with Gasteiger partial charge in [-0.25, -0.2) is 4.68 Å². The van der Waals surface area contributed by atoms with Crippen molar-refractivity contribution in [1.29, 1.82) is 0 Å². The number of benzene rings is 3. The Kier molecular flexibility index (Phi) is 6.70. The number of nitrogens with zero attached hydrogens (tertiary/aromatic N) is 4. The van der Waals surface area contributed by atoms with Crippen molar-refractivity contribution in [3.63, 3.8) is 0 Å². The van der Waals surface area contributed by atoms with Gasteiger partial charge in [0.2, 0.25) is 0 Å². The minimum absolute atomic E-state index is 0.107. The van der Waals surface area contributed by atoms with Gasteiger partial charge in [0.1, 0.15) is 12.4 Å². The lowest BCUT2D eigenvalue weighted by molar-refractivity contribution is -0.137. The molecule has 33 heavy (non-hydrogen) atoms. The minimum Gasteiger partial charge on any atom is -0.489 e. The lowest BCUT2D eigenvalue weighted by atomic mass is 9.95. The molecule has 1 atom stereocenters. The molecule has 168 valence electrons. The Bertz CT molecular complexity index is 1270. The Morgan fingerprint density at radius 2 is 1.88 bits per heavy atom. The summed E-state index contributed by atoms with van der Waals surface area (Å²) in [5.41, 5.74) is 5.06. The van der Waals surface area contributed by atoms with Gasteiger partial charge < -0.3 is 9.84 Å². The third-order valence-corrected chi connectivity index (χ3v) is 5.95. The van der Waals surface area contributed by atoms with Crippen LogP contribution in [0.15, 0.2) is 66.7 Å². The van der Waals surface area contributed by atoms with Crippen molar-refractivity contribution in [3.8, 4) is 16.9 Å². The number of carboxylic acid groups (broad SMARTS) is 1. The molecule has 0 bridgehead atoms. The number of tetrazole rings is 1. The number of carbonyl (C=O) groups is 1. The van der Waals surface area contributed by atoms with Crippen molar-refractivity contribution in [2.24, 2.45) is 7.05 Å². The Hall–Kier alpha value is -3.71. The Morgan fingerprint density at radius 3 is 2.58 bits per heavy atom. The highest BCUT2D eigenvalue weighted by Crippen LogP contribution is 2.30. The van der Waals surface area contributed by atoms with Gasteiger partial charge in [-0.2, -0.15) is 0 Å². The first-order valence-corrected chi connectivity index (χ1v) is 10.8. The van der Waals surface area contributed by atoms with Crippen LogP contribution in [0.2, 0.25) is 5.02 Å². The SMILES string of the molecule is Cc1c(Cl)cccc1-c1cccc(COc2ccc([C@H](CC(=O)O)c3nnnn3C)cc2)c1. The molecule has 1 aromatic heterocycles. The predicted octanol–water partition coefficient (Wildman–Crippen LogP) is 5.02. The Labute approximate surface area is 196 Å². The van der Waals surface area contributed by atoms with Crippen molar-refractivity contribution < 1.29 is 14.6 Å². The molecule has 0 radical (unpaired) electrons. The number of hydrogen-bond acceptors (Lipinski definition) is 5. The third-order valence-electron chi connectivity index (χ3n) is 5.54. The van der Waals surface area contributed by atoms with Crippen LogP contribution >= 0.6 is 11.6 Å². The lowest BCUT2D eigenvalue weighted by Crippen LogP contribution is -2.13. The van der Waals surface area contributed by atoms with Crippen molar-refractivity contribution in [1.82, 2.24) is 20.2 Å². The molecule has 3 aromatic carbocycles. The first-order chi connectivity index (χ1) is 15.9. The first kappa shape index (κ1) is 22.5. The van der Waals surface area contributed by atoms with Gasteiger partial charge in [0.25, 0.3) is 0 Å². The molecule has 0 saturated heterocycles. The monoisotopic (exact) mass is 462 g/mol. The zero-order valence-corrected chi connectivity index (χ0v) is 19.0. The average molecular weight is 463 g/mol. The van der Waals surface area contributed by atoms with Crippen molar-refractivity contribution in [3.05, 3.63) is 94.3 Å². The number of aliphatic carboxylic acids is 1. The van der Waals surface area contributed by atoms with Crippen LogP contribution in [0.25, 0.3) is 11.1 Å². The first-order valence-electron chi connectivity index (χ1n) is 10.4. The molecule has 0 saturated carbocycles. The van der Waals surface area contributed by atoms with E-state index in [9.17, 15) is 9.90 Å². The second kappa shape index (κ2) is 9.83. The molecule has 0 aliphatic rings. The zero-order valence-electron chi connectivity index (χ0n) is 18.3. The lowest BCUT2D eigenvalue weighted by Gasteiger charge is -2.15. The van der Waals surface area contributed by atoms with Gasteiger partial charge in [-0.1, -0.05) is 54.1 Å². The topological polar surface area (TPSA) is 90.1 Å². The highest BCUT2D eigenvalue weighted by atomic mass is 35.5. The van der Waals surface area contributed by atoms with Crippen LogP contribution in [0.1, 0.15) is 34.9 Å². The number of halogens is 1. The fraction of sp³-hybridized carbons (Fsp3) is 0.200. The maximum atomic E-state index is 11.4. The van der Waals surface area contributed by atoms with Crippen molar-refractivity contribution >= 4 is 17.6 Å². The molecule has 0 amide bonds. The zero-order chi connectivity index (χ0) is 23.4. The molecule has 0 aliphatic heterocycles. The molecule has 7 nitrogen and oxygen atoms in total. The van der Waals surface area contributed by atoms with E-state index < -0.39 is 11.9 Å². The van der Waals surface area contributed by atoms with Crippen molar-refractivity contribution in [2.45, 2.75) is 25.9 Å². The Morgan fingerprint density at radius 1 is 1.12 bits per heavy atom. The van der Waals surface area contributed by atoms with E-state index in [4.69, 9.17) is 16.3 Å². The van der Waals surface area contributed by atoms with E-state index in [1.807, 2.05) is 55.5 Å². The van der Waals surface area contributed by atoms with Crippen molar-refractivity contribution in [2.75, 3.05) is 0 Å². The van der Waals surface area contributed by atoms with E-state index in [2.05, 4.69) is 33.7 Å². The largest absolute Gasteiger partial charge is 0.489 e. The summed E-state index contributed by atoms with van der Waals surface area (Å²) >= 11 is 6.28. The standard InChI is InChI=1S/C25H23ClN4O3/c1-16-21(7-4-8-23(16)26)19-6-3-5-17(13-19)15-33-20-11-9-18(10-12-20)22(14-24(31)32)25-27-28-29-30(25)2/h3-13,22H,14-15H2,1-2H3,(H,31,32)/t22-/m0/s1. The molecule has 8 heteroatoms. The van der Waals surface area contributed by atoms with Crippen LogP contribution in [0.4, 0.5) is 0 Å². The molecule has 4 rings (SSSR count). The minimum atomic E-state index is -0.918. The summed E-state index contributed by atoms with van der Waals surface area (Å²) in [6.07, 6.45) is -0.107. The quantitative estimate of drug-likeness (QED) is 0.395. The van der Waals surface area contributed by atoms with E-state index in [1.165, 1.54) is 4.68 Å². The highest BCUT2D eigenvalue weighted by molar-refractivity contribution is 6.31. The van der Waals surface area contributed by atoms with Gasteiger partial charge in [-0.05, 0) is 69.4 Å². The molecule has 0 unspecified atom stereocenters. The fourth-order valence-corrected chi connectivity index (χ4v) is 3.95. The van der Waals surface area contributed by atoms with Crippen LogP contribution < -0.4 is 4.74 Å². The van der Waals surface area contributed by atoms with Gasteiger partial charge in [0.15, 0.2) is 5.82 Å². The summed E-state index contributed by atoms with van der Waals surface area (Å²) in [6.45, 7) is 2.41. The van der Waals surface area contributed by atoms with Gasteiger partial charge >= 0.3 is 5.97 Å². The molecular weight excluding hydrogens is 440 g/mol. The van der Waals surface area contributed by atoms with Crippen LogP contribution in [-0.4, -0.2) is 31.3 Å². The molecular formula is C25H23ClN4O3. The van der Waals surface area contributed by atoms with Gasteiger partial charge in [0, 0.05) is 12.1 Å². The number of ether oxygens (including phenoxy) is 1. The van der Waals surface area contributed by atoms with E-state index in [-0.39, 0.29) is 6.42 Å². The summed E-state index contributed by atoms with van der Waals surface area (Å²) in [4.78, 5) is 11.4. The number of aryl methyl sites for hydroxylation is 1. The summed E-state index contributed by atoms with van der Waals surface area (Å²) in [5, 5.41) is 21.5. The van der Waals surface area contributed by atoms with Crippen LogP contribution in [0, 0.1) is 6.92 Å². The fourth-order valence-electron chi connectivity index (χ4n) is 3.78. The maximum absolute atomic E-state index is 11.4. The number of aromatic nitrogens is 4. The smallest absolute Gasteiger partial charge is 0.304 e. The normalized spacial score (nSPS) is 11.8. The Balaban J connectivity index is 1.48. The molecule has 1 heterocycles. The maximum Gasteiger partial charge on any atom is 0.304 e. The third kappa shape index (κ3) is 5.21. The summed E-state index contributed by atoms with van der Waals surface area (Å²) in [6, 6.07) is 21.4. The van der Waals surface area contributed by atoms with Crippen LogP contribution in [-0.2, 0) is 18.4 Å². The van der Waals surface area contributed by atoms with Gasteiger partial charge in [-0.15, -0.1) is 5.10 Å². The summed E-state index contributed by atoms with van der Waals surface area (Å²) in [5.74, 6) is -0.181. The number of rotatable bonds is 8. The summed E-state index contributed by atoms with van der Waals surface area (Å²) in [7, 11) is 1.70. The molecule has 0 aliphatic carbocycles. The van der Waals surface area contributed by atoms with Crippen LogP contribution in [0.3, 0.4) is 0 Å². The molecule has 0 spiro atoms. The van der Waals surface area contributed by atoms with E-state index >= 15 is 0 Å². The predicted molar refractivity (Wildman–Crippen MR) is 125 cm³/mol. The van der Waals surface area contributed by atoms with E-state index in [0.717, 1.165) is 32.8 Å². The van der Waals surface area contributed by atoms with Gasteiger partial charge in [-0.3, -0.25) is 4.79 Å².